The largest absolute Gasteiger partial charge is 0.493 e. The van der Waals surface area contributed by atoms with E-state index in [0.717, 1.165) is 10.6 Å². The molecule has 0 saturated heterocycles. The lowest BCUT2D eigenvalue weighted by Crippen LogP contribution is -2.10. The van der Waals surface area contributed by atoms with Crippen LogP contribution in [-0.4, -0.2) is 23.3 Å². The first-order valence-electron chi connectivity index (χ1n) is 9.09. The molecule has 0 amide bonds. The molecule has 2 aromatic carbocycles. The van der Waals surface area contributed by atoms with Gasteiger partial charge >= 0.3 is 5.97 Å². The predicted molar refractivity (Wildman–Crippen MR) is 114 cm³/mol. The van der Waals surface area contributed by atoms with E-state index in [-0.39, 0.29) is 18.8 Å². The number of carbonyl (C=O) groups excluding carboxylic acids is 2. The number of carbonyl (C=O) groups is 2. The fourth-order valence-corrected chi connectivity index (χ4v) is 3.63. The number of ether oxygens (including phenoxy) is 2. The molecule has 0 fully saturated rings. The third kappa shape index (κ3) is 5.65. The molecular weight excluding hydrogens is 410 g/mol. The van der Waals surface area contributed by atoms with Crippen molar-refractivity contribution in [1.29, 1.82) is 0 Å². The zero-order valence-electron chi connectivity index (χ0n) is 16.1. The highest BCUT2D eigenvalue weighted by Crippen LogP contribution is 2.26. The average molecular weight is 430 g/mol. The SMILES string of the molecule is CCOc1ccc(C(C)=O)cc1COC(=O)Cc1csc(-c2ccc(Cl)cc2)n1. The van der Waals surface area contributed by atoms with E-state index >= 15 is 0 Å². The minimum Gasteiger partial charge on any atom is -0.493 e. The molecule has 0 radical (unpaired) electrons. The van der Waals surface area contributed by atoms with Crippen molar-refractivity contribution in [2.45, 2.75) is 26.9 Å². The average Bonchev–Trinajstić information content (AvgIpc) is 3.16. The van der Waals surface area contributed by atoms with Gasteiger partial charge in [0.15, 0.2) is 5.78 Å². The normalized spacial score (nSPS) is 10.6. The molecule has 1 heterocycles. The van der Waals surface area contributed by atoms with Gasteiger partial charge in [-0.25, -0.2) is 4.98 Å². The summed E-state index contributed by atoms with van der Waals surface area (Å²) in [6.45, 7) is 3.87. The standard InChI is InChI=1S/C22H20ClNO4S/c1-3-27-20-9-6-16(14(2)25)10-17(20)12-28-21(26)11-19-13-29-22(24-19)15-4-7-18(23)8-5-15/h4-10,13H,3,11-12H2,1-2H3. The molecule has 0 bridgehead atoms. The molecule has 0 unspecified atom stereocenters. The van der Waals surface area contributed by atoms with Crippen molar-refractivity contribution in [1.82, 2.24) is 4.98 Å². The van der Waals surface area contributed by atoms with Gasteiger partial charge in [0.2, 0.25) is 0 Å². The van der Waals surface area contributed by atoms with Crippen molar-refractivity contribution < 1.29 is 19.1 Å². The van der Waals surface area contributed by atoms with Crippen LogP contribution in [0.5, 0.6) is 5.75 Å². The molecule has 0 aliphatic carbocycles. The molecule has 0 aliphatic rings. The van der Waals surface area contributed by atoms with E-state index in [2.05, 4.69) is 4.98 Å². The summed E-state index contributed by atoms with van der Waals surface area (Å²) in [5.74, 6) is 0.149. The number of esters is 1. The Morgan fingerprint density at radius 1 is 1.14 bits per heavy atom. The van der Waals surface area contributed by atoms with Crippen molar-refractivity contribution in [2.75, 3.05) is 6.61 Å². The van der Waals surface area contributed by atoms with Crippen LogP contribution in [-0.2, 0) is 22.6 Å². The molecule has 0 atom stereocenters. The Balaban J connectivity index is 1.64. The molecule has 3 aromatic rings. The molecule has 5 nitrogen and oxygen atoms in total. The summed E-state index contributed by atoms with van der Waals surface area (Å²) < 4.78 is 11.0. The number of rotatable bonds is 8. The predicted octanol–water partition coefficient (Wildman–Crippen LogP) is 5.35. The van der Waals surface area contributed by atoms with E-state index in [9.17, 15) is 9.59 Å². The van der Waals surface area contributed by atoms with Crippen LogP contribution >= 0.6 is 22.9 Å². The van der Waals surface area contributed by atoms with Crippen LogP contribution in [0.3, 0.4) is 0 Å². The smallest absolute Gasteiger partial charge is 0.312 e. The molecular formula is C22H20ClNO4S. The van der Waals surface area contributed by atoms with E-state index in [4.69, 9.17) is 21.1 Å². The molecule has 3 rings (SSSR count). The van der Waals surface area contributed by atoms with Crippen molar-refractivity contribution in [3.05, 3.63) is 69.7 Å². The van der Waals surface area contributed by atoms with Crippen LogP contribution in [0.4, 0.5) is 0 Å². The van der Waals surface area contributed by atoms with Gasteiger partial charge in [-0.05, 0) is 44.2 Å². The molecule has 29 heavy (non-hydrogen) atoms. The number of benzene rings is 2. The van der Waals surface area contributed by atoms with Gasteiger partial charge in [0.25, 0.3) is 0 Å². The van der Waals surface area contributed by atoms with Gasteiger partial charge < -0.3 is 9.47 Å². The summed E-state index contributed by atoms with van der Waals surface area (Å²) >= 11 is 7.37. The second-order valence-corrected chi connectivity index (χ2v) is 7.59. The Bertz CT molecular complexity index is 1010. The maximum absolute atomic E-state index is 12.3. The Labute approximate surface area is 178 Å². The van der Waals surface area contributed by atoms with Gasteiger partial charge in [0, 0.05) is 27.1 Å². The fraction of sp³-hybridized carbons (Fsp3) is 0.227. The topological polar surface area (TPSA) is 65.5 Å². The maximum Gasteiger partial charge on any atom is 0.312 e. The summed E-state index contributed by atoms with van der Waals surface area (Å²) in [5.41, 5.74) is 2.80. The molecule has 7 heteroatoms. The third-order valence-electron chi connectivity index (χ3n) is 4.12. The number of hydrogen-bond donors (Lipinski definition) is 0. The summed E-state index contributed by atoms with van der Waals surface area (Å²) in [4.78, 5) is 28.4. The number of halogens is 1. The van der Waals surface area contributed by atoms with Crippen molar-refractivity contribution >= 4 is 34.7 Å². The van der Waals surface area contributed by atoms with Crippen LogP contribution in [0, 0.1) is 0 Å². The number of thiazole rings is 1. The molecule has 1 aromatic heterocycles. The van der Waals surface area contributed by atoms with Crippen LogP contribution in [0.25, 0.3) is 10.6 Å². The van der Waals surface area contributed by atoms with E-state index in [1.165, 1.54) is 18.3 Å². The number of aromatic nitrogens is 1. The highest BCUT2D eigenvalue weighted by molar-refractivity contribution is 7.13. The van der Waals surface area contributed by atoms with Gasteiger partial charge in [-0.2, -0.15) is 0 Å². The van der Waals surface area contributed by atoms with Crippen molar-refractivity contribution in [3.8, 4) is 16.3 Å². The second-order valence-electron chi connectivity index (χ2n) is 6.30. The van der Waals surface area contributed by atoms with Crippen LogP contribution in [0.2, 0.25) is 5.02 Å². The molecule has 150 valence electrons. The molecule has 0 saturated carbocycles. The van der Waals surface area contributed by atoms with Crippen LogP contribution in [0.1, 0.15) is 35.5 Å². The van der Waals surface area contributed by atoms with Gasteiger partial charge in [-0.15, -0.1) is 11.3 Å². The highest BCUT2D eigenvalue weighted by atomic mass is 35.5. The first-order chi connectivity index (χ1) is 14.0. The Morgan fingerprint density at radius 2 is 1.90 bits per heavy atom. The van der Waals surface area contributed by atoms with Gasteiger partial charge in [-0.3, -0.25) is 9.59 Å². The first-order valence-corrected chi connectivity index (χ1v) is 10.3. The summed E-state index contributed by atoms with van der Waals surface area (Å²) in [6.07, 6.45) is 0.0699. The fourth-order valence-electron chi connectivity index (χ4n) is 2.68. The zero-order chi connectivity index (χ0) is 20.8. The summed E-state index contributed by atoms with van der Waals surface area (Å²) in [6, 6.07) is 12.5. The van der Waals surface area contributed by atoms with E-state index in [1.54, 1.807) is 30.3 Å². The van der Waals surface area contributed by atoms with Crippen LogP contribution in [0.15, 0.2) is 47.8 Å². The minimum absolute atomic E-state index is 0.0312. The number of Topliss-reactive ketones (excluding diaryl/α,β-unsaturated/α-hetero) is 1. The Morgan fingerprint density at radius 3 is 2.59 bits per heavy atom. The maximum atomic E-state index is 12.3. The van der Waals surface area contributed by atoms with E-state index in [1.807, 2.05) is 24.4 Å². The first kappa shape index (κ1) is 21.0. The minimum atomic E-state index is -0.395. The monoisotopic (exact) mass is 429 g/mol. The lowest BCUT2D eigenvalue weighted by molar-refractivity contribution is -0.144. The molecule has 0 N–H and O–H groups in total. The summed E-state index contributed by atoms with van der Waals surface area (Å²) in [5, 5.41) is 3.32. The van der Waals surface area contributed by atoms with Crippen molar-refractivity contribution in [3.63, 3.8) is 0 Å². The second kappa shape index (κ2) is 9.67. The molecule has 0 spiro atoms. The number of hydrogen-bond acceptors (Lipinski definition) is 6. The zero-order valence-corrected chi connectivity index (χ0v) is 17.7. The quantitative estimate of drug-likeness (QED) is 0.356. The Hall–Kier alpha value is -2.70. The molecule has 0 aliphatic heterocycles. The van der Waals surface area contributed by atoms with E-state index < -0.39 is 5.97 Å². The highest BCUT2D eigenvalue weighted by Gasteiger charge is 2.13. The Kier molecular flexibility index (Phi) is 7.01. The third-order valence-corrected chi connectivity index (χ3v) is 5.32. The van der Waals surface area contributed by atoms with Gasteiger partial charge in [-0.1, -0.05) is 23.7 Å². The van der Waals surface area contributed by atoms with Gasteiger partial charge in [0.1, 0.15) is 17.4 Å². The van der Waals surface area contributed by atoms with Gasteiger partial charge in [0.05, 0.1) is 18.7 Å². The summed E-state index contributed by atoms with van der Waals surface area (Å²) in [7, 11) is 0. The lowest BCUT2D eigenvalue weighted by Gasteiger charge is -2.12. The number of nitrogens with zero attached hydrogens (tertiary/aromatic N) is 1. The lowest BCUT2D eigenvalue weighted by atomic mass is 10.1. The van der Waals surface area contributed by atoms with Crippen molar-refractivity contribution in [2.24, 2.45) is 0 Å². The van der Waals surface area contributed by atoms with E-state index in [0.29, 0.717) is 34.2 Å². The number of ketones is 1. The van der Waals surface area contributed by atoms with Crippen LogP contribution < -0.4 is 4.74 Å².